The van der Waals surface area contributed by atoms with Gasteiger partial charge in [0, 0.05) is 22.5 Å². The average molecular weight is 480 g/mol. The summed E-state index contributed by atoms with van der Waals surface area (Å²) in [6.45, 7) is 0. The Morgan fingerprint density at radius 1 is 0.531 bits per heavy atom. The molecule has 3 rings (SSSR count). The first-order chi connectivity index (χ1) is 14.9. The van der Waals surface area contributed by atoms with Crippen molar-refractivity contribution in [2.75, 3.05) is 10.6 Å². The Balaban J connectivity index is 1.65. The molecule has 2 amide bonds. The van der Waals surface area contributed by atoms with Gasteiger partial charge in [-0.15, -0.1) is 7.77 Å². The first-order valence-corrected chi connectivity index (χ1v) is 11.5. The molecule has 0 aliphatic carbocycles. The zero-order chi connectivity index (χ0) is 23.5. The van der Waals surface area contributed by atoms with Crippen LogP contribution in [-0.4, -0.2) is 28.6 Å². The van der Waals surface area contributed by atoms with Gasteiger partial charge in [-0.1, -0.05) is 0 Å². The normalized spacial score (nSPS) is 11.6. The van der Waals surface area contributed by atoms with Crippen molar-refractivity contribution in [3.05, 3.63) is 83.9 Å². The van der Waals surface area contributed by atoms with Crippen molar-refractivity contribution >= 4 is 43.6 Å². The summed E-state index contributed by atoms with van der Waals surface area (Å²) in [5.74, 6) is -1.09. The molecular formula is C20H14F2N2O6S2. The highest BCUT2D eigenvalue weighted by Gasteiger charge is 2.14. The van der Waals surface area contributed by atoms with Gasteiger partial charge in [-0.2, -0.15) is 16.8 Å². The molecule has 8 nitrogen and oxygen atoms in total. The molecule has 32 heavy (non-hydrogen) atoms. The van der Waals surface area contributed by atoms with E-state index in [-0.39, 0.29) is 22.5 Å². The number of hydrogen-bond donors (Lipinski definition) is 2. The van der Waals surface area contributed by atoms with Crippen LogP contribution < -0.4 is 10.6 Å². The maximum Gasteiger partial charge on any atom is 0.332 e. The number of rotatable bonds is 6. The molecule has 0 aliphatic heterocycles. The van der Waals surface area contributed by atoms with Crippen LogP contribution in [0.1, 0.15) is 20.7 Å². The van der Waals surface area contributed by atoms with Crippen LogP contribution in [0.5, 0.6) is 0 Å². The van der Waals surface area contributed by atoms with E-state index in [9.17, 15) is 34.2 Å². The van der Waals surface area contributed by atoms with Crippen molar-refractivity contribution in [2.24, 2.45) is 0 Å². The highest BCUT2D eigenvalue weighted by molar-refractivity contribution is 7.86. The molecule has 166 valence electrons. The number of hydrogen-bond acceptors (Lipinski definition) is 6. The van der Waals surface area contributed by atoms with Gasteiger partial charge >= 0.3 is 20.4 Å². The smallest absolute Gasteiger partial charge is 0.322 e. The number of nitrogens with one attached hydrogen (secondary N) is 2. The molecule has 0 aromatic heterocycles. The second-order valence-electron chi connectivity index (χ2n) is 6.41. The Hall–Kier alpha value is -3.64. The van der Waals surface area contributed by atoms with Gasteiger partial charge in [0.2, 0.25) is 0 Å². The fourth-order valence-electron chi connectivity index (χ4n) is 2.58. The maximum absolute atomic E-state index is 12.9. The Morgan fingerprint density at radius 2 is 0.812 bits per heavy atom. The van der Waals surface area contributed by atoms with E-state index in [0.717, 1.165) is 24.3 Å². The average Bonchev–Trinajstić information content (AvgIpc) is 2.73. The van der Waals surface area contributed by atoms with Crippen molar-refractivity contribution in [3.8, 4) is 0 Å². The third-order valence-electron chi connectivity index (χ3n) is 4.20. The van der Waals surface area contributed by atoms with Crippen molar-refractivity contribution in [1.82, 2.24) is 0 Å². The number of benzene rings is 3. The molecule has 0 saturated heterocycles. The second kappa shape index (κ2) is 8.85. The number of carbonyl (C=O) groups excluding carboxylic acids is 2. The van der Waals surface area contributed by atoms with E-state index < -0.39 is 42.1 Å². The molecule has 0 unspecified atom stereocenters. The molecule has 3 aromatic carbocycles. The fraction of sp³-hybridized carbons (Fsp3) is 0. The number of anilines is 2. The van der Waals surface area contributed by atoms with E-state index in [1.54, 1.807) is 0 Å². The van der Waals surface area contributed by atoms with Gasteiger partial charge in [0.05, 0.1) is 9.79 Å². The standard InChI is InChI=1S/C20H14F2N2O6S2/c21-31(27,28)17-9-5-15(6-10-17)23-19(25)13-1-2-14(4-3-13)20(26)24-16-7-11-18(12-8-16)32(22,29)30/h1-12H,(H,23,25)(H,24,26). The van der Waals surface area contributed by atoms with Crippen LogP contribution in [0.3, 0.4) is 0 Å². The van der Waals surface area contributed by atoms with E-state index >= 15 is 0 Å². The lowest BCUT2D eigenvalue weighted by Crippen LogP contribution is -2.14. The maximum atomic E-state index is 12.9. The Bertz CT molecular complexity index is 1260. The minimum atomic E-state index is -4.84. The van der Waals surface area contributed by atoms with Crippen molar-refractivity contribution in [1.29, 1.82) is 0 Å². The molecule has 0 radical (unpaired) electrons. The monoisotopic (exact) mass is 480 g/mol. The number of carbonyl (C=O) groups is 2. The first-order valence-electron chi connectivity index (χ1n) is 8.76. The van der Waals surface area contributed by atoms with Gasteiger partial charge in [0.15, 0.2) is 0 Å². The second-order valence-corrected chi connectivity index (χ2v) is 9.10. The van der Waals surface area contributed by atoms with Crippen LogP contribution in [0.2, 0.25) is 0 Å². The minimum absolute atomic E-state index is 0.196. The van der Waals surface area contributed by atoms with E-state index in [0.29, 0.717) is 0 Å². The Kier molecular flexibility index (Phi) is 6.37. The van der Waals surface area contributed by atoms with Gasteiger partial charge in [0.1, 0.15) is 0 Å². The van der Waals surface area contributed by atoms with E-state index in [2.05, 4.69) is 10.6 Å². The molecule has 0 heterocycles. The van der Waals surface area contributed by atoms with Crippen molar-refractivity contribution in [2.45, 2.75) is 9.79 Å². The summed E-state index contributed by atoms with van der Waals surface area (Å²) in [6, 6.07) is 14.5. The molecule has 0 saturated carbocycles. The lowest BCUT2D eigenvalue weighted by atomic mass is 10.1. The SMILES string of the molecule is O=C(Nc1ccc(S(=O)(=O)F)cc1)c1ccc(C(=O)Nc2ccc(S(=O)(=O)F)cc2)cc1. The van der Waals surface area contributed by atoms with E-state index in [4.69, 9.17) is 0 Å². The van der Waals surface area contributed by atoms with Crippen LogP contribution in [0.4, 0.5) is 19.1 Å². The zero-order valence-corrected chi connectivity index (χ0v) is 17.6. The topological polar surface area (TPSA) is 126 Å². The summed E-state index contributed by atoms with van der Waals surface area (Å²) in [5.41, 5.74) is 0.869. The first kappa shape index (κ1) is 23.0. The van der Waals surface area contributed by atoms with Crippen molar-refractivity contribution in [3.63, 3.8) is 0 Å². The van der Waals surface area contributed by atoms with Gasteiger partial charge in [0.25, 0.3) is 11.8 Å². The molecule has 0 fully saturated rings. The highest BCUT2D eigenvalue weighted by atomic mass is 32.3. The summed E-state index contributed by atoms with van der Waals surface area (Å²) in [6.07, 6.45) is 0. The molecule has 0 spiro atoms. The molecule has 2 N–H and O–H groups in total. The van der Waals surface area contributed by atoms with Crippen LogP contribution in [0.25, 0.3) is 0 Å². The molecule has 0 bridgehead atoms. The summed E-state index contributed by atoms with van der Waals surface area (Å²) >= 11 is 0. The predicted octanol–water partition coefficient (Wildman–Crippen LogP) is 3.51. The van der Waals surface area contributed by atoms with Gasteiger partial charge in [-0.25, -0.2) is 0 Å². The predicted molar refractivity (Wildman–Crippen MR) is 112 cm³/mol. The fourth-order valence-corrected chi connectivity index (χ4v) is 3.50. The van der Waals surface area contributed by atoms with E-state index in [1.165, 1.54) is 48.5 Å². The molecule has 0 aliphatic rings. The minimum Gasteiger partial charge on any atom is -0.322 e. The molecule has 0 atom stereocenters. The number of halogens is 2. The Labute approximate surface area is 182 Å². The summed E-state index contributed by atoms with van der Waals surface area (Å²) in [4.78, 5) is 23.5. The summed E-state index contributed by atoms with van der Waals surface area (Å²) < 4.78 is 69.1. The molecule has 3 aromatic rings. The van der Waals surface area contributed by atoms with Crippen LogP contribution >= 0.6 is 0 Å². The lowest BCUT2D eigenvalue weighted by molar-refractivity contribution is 0.101. The largest absolute Gasteiger partial charge is 0.332 e. The van der Waals surface area contributed by atoms with Crippen molar-refractivity contribution < 1.29 is 34.2 Å². The highest BCUT2D eigenvalue weighted by Crippen LogP contribution is 2.18. The van der Waals surface area contributed by atoms with Crippen LogP contribution in [-0.2, 0) is 20.4 Å². The Morgan fingerprint density at radius 3 is 1.06 bits per heavy atom. The molecule has 12 heteroatoms. The van der Waals surface area contributed by atoms with Gasteiger partial charge in [-0.3, -0.25) is 9.59 Å². The third kappa shape index (κ3) is 5.74. The third-order valence-corrected chi connectivity index (χ3v) is 5.87. The van der Waals surface area contributed by atoms with Gasteiger partial charge < -0.3 is 10.6 Å². The zero-order valence-electron chi connectivity index (χ0n) is 16.0. The lowest BCUT2D eigenvalue weighted by Gasteiger charge is -2.08. The van der Waals surface area contributed by atoms with E-state index in [1.807, 2.05) is 0 Å². The number of amides is 2. The quantitative estimate of drug-likeness (QED) is 0.520. The van der Waals surface area contributed by atoms with Gasteiger partial charge in [-0.05, 0) is 72.8 Å². The summed E-state index contributed by atoms with van der Waals surface area (Å²) in [5, 5.41) is 5.01. The molecular weight excluding hydrogens is 466 g/mol. The van der Waals surface area contributed by atoms with Crippen LogP contribution in [0.15, 0.2) is 82.6 Å². The summed E-state index contributed by atoms with van der Waals surface area (Å²) in [7, 11) is -9.68. The van der Waals surface area contributed by atoms with Crippen LogP contribution in [0, 0.1) is 0 Å².